The van der Waals surface area contributed by atoms with Gasteiger partial charge in [0, 0.05) is 5.41 Å². The van der Waals surface area contributed by atoms with Crippen LogP contribution in [0.3, 0.4) is 0 Å². The van der Waals surface area contributed by atoms with E-state index in [4.69, 9.17) is 4.74 Å². The van der Waals surface area contributed by atoms with Crippen LogP contribution in [0.2, 0.25) is 0 Å². The molecule has 9 heteroatoms. The van der Waals surface area contributed by atoms with Gasteiger partial charge in [0.15, 0.2) is 0 Å². The standard InChI is InChI=1S/C16H22N2O6S/c1-7-24-13(20)10-8(2)9(11(19)17-15(22)23-6)12(25-10)18-14(21)16(3,4)5/h7H2,1-6H3,(H,18,21)(H,17,19,22). The van der Waals surface area contributed by atoms with E-state index >= 15 is 0 Å². The number of hydrogen-bond donors (Lipinski definition) is 2. The third-order valence-corrected chi connectivity index (χ3v) is 4.33. The Morgan fingerprint density at radius 3 is 2.24 bits per heavy atom. The van der Waals surface area contributed by atoms with Crippen molar-refractivity contribution in [3.8, 4) is 0 Å². The van der Waals surface area contributed by atoms with Crippen LogP contribution in [-0.4, -0.2) is 37.6 Å². The molecule has 0 atom stereocenters. The lowest BCUT2D eigenvalue weighted by atomic mass is 9.96. The SMILES string of the molecule is CCOC(=O)c1sc(NC(=O)C(C)(C)C)c(C(=O)NC(=O)OC)c1C. The molecule has 25 heavy (non-hydrogen) atoms. The molecule has 0 aliphatic carbocycles. The topological polar surface area (TPSA) is 111 Å². The summed E-state index contributed by atoms with van der Waals surface area (Å²) < 4.78 is 9.37. The third kappa shape index (κ3) is 5.02. The summed E-state index contributed by atoms with van der Waals surface area (Å²) in [7, 11) is 1.12. The van der Waals surface area contributed by atoms with Crippen molar-refractivity contribution in [3.05, 3.63) is 16.0 Å². The van der Waals surface area contributed by atoms with Crippen LogP contribution < -0.4 is 10.6 Å². The second-order valence-electron chi connectivity index (χ2n) is 6.13. The predicted molar refractivity (Wildman–Crippen MR) is 93.0 cm³/mol. The minimum absolute atomic E-state index is 0.0241. The number of imide groups is 1. The number of anilines is 1. The number of rotatable bonds is 4. The molecular weight excluding hydrogens is 348 g/mol. The Labute approximate surface area is 149 Å². The summed E-state index contributed by atoms with van der Waals surface area (Å²) in [5.74, 6) is -1.72. The predicted octanol–water partition coefficient (Wildman–Crippen LogP) is 2.71. The first-order chi connectivity index (χ1) is 11.5. The lowest BCUT2D eigenvalue weighted by Gasteiger charge is -2.17. The van der Waals surface area contributed by atoms with Gasteiger partial charge in [-0.25, -0.2) is 9.59 Å². The fraction of sp³-hybridized carbons (Fsp3) is 0.500. The van der Waals surface area contributed by atoms with E-state index in [1.807, 2.05) is 5.32 Å². The van der Waals surface area contributed by atoms with Gasteiger partial charge in [-0.2, -0.15) is 0 Å². The molecule has 0 saturated carbocycles. The van der Waals surface area contributed by atoms with Crippen LogP contribution in [0.1, 0.15) is 53.3 Å². The highest BCUT2D eigenvalue weighted by atomic mass is 32.1. The number of amides is 3. The van der Waals surface area contributed by atoms with E-state index in [2.05, 4.69) is 10.1 Å². The first-order valence-electron chi connectivity index (χ1n) is 7.54. The zero-order valence-electron chi connectivity index (χ0n) is 15.1. The number of hydrogen-bond acceptors (Lipinski definition) is 7. The van der Waals surface area contributed by atoms with Crippen molar-refractivity contribution in [2.24, 2.45) is 5.41 Å². The molecule has 8 nitrogen and oxygen atoms in total. The molecule has 1 aromatic heterocycles. The highest BCUT2D eigenvalue weighted by Crippen LogP contribution is 2.34. The zero-order valence-corrected chi connectivity index (χ0v) is 15.9. The molecule has 138 valence electrons. The highest BCUT2D eigenvalue weighted by molar-refractivity contribution is 7.18. The fourth-order valence-corrected chi connectivity index (χ4v) is 2.86. The van der Waals surface area contributed by atoms with Gasteiger partial charge in [-0.3, -0.25) is 14.9 Å². The number of esters is 1. The maximum Gasteiger partial charge on any atom is 0.413 e. The van der Waals surface area contributed by atoms with Crippen LogP contribution in [-0.2, 0) is 14.3 Å². The lowest BCUT2D eigenvalue weighted by molar-refractivity contribution is -0.123. The van der Waals surface area contributed by atoms with Crippen LogP contribution >= 0.6 is 11.3 Å². The van der Waals surface area contributed by atoms with Gasteiger partial charge in [-0.15, -0.1) is 11.3 Å². The fourth-order valence-electron chi connectivity index (χ4n) is 1.76. The molecule has 0 radical (unpaired) electrons. The van der Waals surface area contributed by atoms with Gasteiger partial charge in [-0.1, -0.05) is 20.8 Å². The van der Waals surface area contributed by atoms with Gasteiger partial charge in [0.05, 0.1) is 19.3 Å². The quantitative estimate of drug-likeness (QED) is 0.789. The number of methoxy groups -OCH3 is 1. The number of carbonyl (C=O) groups is 4. The number of nitrogens with one attached hydrogen (secondary N) is 2. The van der Waals surface area contributed by atoms with Crippen molar-refractivity contribution in [2.45, 2.75) is 34.6 Å². The number of alkyl carbamates (subject to hydrolysis) is 1. The van der Waals surface area contributed by atoms with E-state index in [1.165, 1.54) is 0 Å². The summed E-state index contributed by atoms with van der Waals surface area (Å²) in [4.78, 5) is 48.2. The molecule has 0 bridgehead atoms. The van der Waals surface area contributed by atoms with Crippen LogP contribution in [0.25, 0.3) is 0 Å². The van der Waals surface area contributed by atoms with E-state index in [0.717, 1.165) is 18.4 Å². The van der Waals surface area contributed by atoms with Gasteiger partial charge in [-0.05, 0) is 19.4 Å². The average Bonchev–Trinajstić information content (AvgIpc) is 2.82. The molecule has 0 aliphatic rings. The second kappa shape index (κ2) is 8.11. The van der Waals surface area contributed by atoms with Gasteiger partial charge in [0.2, 0.25) is 5.91 Å². The molecule has 0 fully saturated rings. The van der Waals surface area contributed by atoms with Crippen molar-refractivity contribution in [1.82, 2.24) is 5.32 Å². The summed E-state index contributed by atoms with van der Waals surface area (Å²) >= 11 is 0.922. The Morgan fingerprint density at radius 2 is 1.76 bits per heavy atom. The van der Waals surface area contributed by atoms with Gasteiger partial charge < -0.3 is 14.8 Å². The minimum Gasteiger partial charge on any atom is -0.462 e. The Kier molecular flexibility index (Phi) is 6.69. The first kappa shape index (κ1) is 20.6. The first-order valence-corrected chi connectivity index (χ1v) is 8.35. The summed E-state index contributed by atoms with van der Waals surface area (Å²) in [6.07, 6.45) is -0.943. The third-order valence-electron chi connectivity index (χ3n) is 3.14. The van der Waals surface area contributed by atoms with Gasteiger partial charge >= 0.3 is 12.1 Å². The van der Waals surface area contributed by atoms with E-state index in [0.29, 0.717) is 5.56 Å². The van der Waals surface area contributed by atoms with E-state index in [1.54, 1.807) is 34.6 Å². The smallest absolute Gasteiger partial charge is 0.413 e. The van der Waals surface area contributed by atoms with Crippen molar-refractivity contribution < 1.29 is 28.7 Å². The average molecular weight is 370 g/mol. The molecular formula is C16H22N2O6S. The summed E-state index contributed by atoms with van der Waals surface area (Å²) in [5.41, 5.74) is -0.372. The number of thiophene rings is 1. The molecule has 2 N–H and O–H groups in total. The van der Waals surface area contributed by atoms with Crippen LogP contribution in [0.5, 0.6) is 0 Å². The van der Waals surface area contributed by atoms with Gasteiger partial charge in [0.1, 0.15) is 9.88 Å². The van der Waals surface area contributed by atoms with E-state index < -0.39 is 23.4 Å². The molecule has 0 saturated heterocycles. The van der Waals surface area contributed by atoms with Crippen LogP contribution in [0, 0.1) is 12.3 Å². The molecule has 1 heterocycles. The highest BCUT2D eigenvalue weighted by Gasteiger charge is 2.30. The lowest BCUT2D eigenvalue weighted by Crippen LogP contribution is -2.32. The van der Waals surface area contributed by atoms with E-state index in [9.17, 15) is 19.2 Å². The molecule has 0 spiro atoms. The monoisotopic (exact) mass is 370 g/mol. The normalized spacial score (nSPS) is 10.8. The van der Waals surface area contributed by atoms with Crippen molar-refractivity contribution in [2.75, 3.05) is 19.0 Å². The molecule has 0 aromatic carbocycles. The van der Waals surface area contributed by atoms with Crippen molar-refractivity contribution in [1.29, 1.82) is 0 Å². The van der Waals surface area contributed by atoms with Crippen molar-refractivity contribution in [3.63, 3.8) is 0 Å². The molecule has 3 amide bonds. The maximum atomic E-state index is 12.4. The number of carbonyl (C=O) groups excluding carboxylic acids is 4. The minimum atomic E-state index is -0.943. The molecule has 1 aromatic rings. The Morgan fingerprint density at radius 1 is 1.16 bits per heavy atom. The Hall–Kier alpha value is -2.42. The van der Waals surface area contributed by atoms with Crippen molar-refractivity contribution >= 4 is 40.2 Å². The number of ether oxygens (including phenoxy) is 2. The van der Waals surface area contributed by atoms with E-state index in [-0.39, 0.29) is 28.0 Å². The maximum absolute atomic E-state index is 12.4. The van der Waals surface area contributed by atoms with Crippen LogP contribution in [0.4, 0.5) is 9.80 Å². The Balaban J connectivity index is 3.34. The molecule has 1 rings (SSSR count). The zero-order chi connectivity index (χ0) is 19.4. The summed E-state index contributed by atoms with van der Waals surface area (Å²) in [5, 5.41) is 4.83. The largest absolute Gasteiger partial charge is 0.462 e. The van der Waals surface area contributed by atoms with Gasteiger partial charge in [0.25, 0.3) is 5.91 Å². The Bertz CT molecular complexity index is 702. The molecule has 0 aliphatic heterocycles. The summed E-state index contributed by atoms with van der Waals surface area (Å²) in [6.45, 7) is 8.51. The molecule has 0 unspecified atom stereocenters. The van der Waals surface area contributed by atoms with Crippen LogP contribution in [0.15, 0.2) is 0 Å². The summed E-state index contributed by atoms with van der Waals surface area (Å²) in [6, 6.07) is 0. The second-order valence-corrected chi connectivity index (χ2v) is 7.15.